The fourth-order valence-electron chi connectivity index (χ4n) is 5.93. The van der Waals surface area contributed by atoms with Crippen LogP contribution in [0.5, 0.6) is 0 Å². The van der Waals surface area contributed by atoms with E-state index in [2.05, 4.69) is 15.5 Å². The van der Waals surface area contributed by atoms with Crippen molar-refractivity contribution in [3.05, 3.63) is 88.4 Å². The lowest BCUT2D eigenvalue weighted by molar-refractivity contribution is -0.143. The van der Waals surface area contributed by atoms with E-state index in [9.17, 15) is 19.2 Å². The molecule has 4 N–H and O–H groups in total. The third-order valence-electron chi connectivity index (χ3n) is 8.48. The van der Waals surface area contributed by atoms with Crippen LogP contribution in [-0.4, -0.2) is 67.3 Å². The number of hydrogen-bond donors (Lipinski definition) is 3. The van der Waals surface area contributed by atoms with Crippen molar-refractivity contribution in [1.29, 1.82) is 0 Å². The highest BCUT2D eigenvalue weighted by atomic mass is 35.5. The van der Waals surface area contributed by atoms with E-state index in [0.29, 0.717) is 30.2 Å². The van der Waals surface area contributed by atoms with Gasteiger partial charge in [0.1, 0.15) is 12.1 Å². The second kappa shape index (κ2) is 14.1. The molecule has 236 valence electrons. The molecule has 0 bridgehead atoms. The standard InChI is InChI=1S/C34H39ClN6O4/c1-22-19-25(11-12-26(22)35)37-33(44)27(15-16-36)38-34(45)30-20-23-7-3-4-8-24(23)21-41(30)32(43)14-13-31(42)40-18-17-39(2)28-9-5-6-10-29(28)40/h3-12,19,27,30H,13-18,20-21,36H2,1-2H3,(H,37,44)(H,38,45)/t27-,30-/m0/s1. The Morgan fingerprint density at radius 3 is 2.36 bits per heavy atom. The van der Waals surface area contributed by atoms with Crippen molar-refractivity contribution >= 4 is 52.3 Å². The third-order valence-corrected chi connectivity index (χ3v) is 8.91. The molecule has 2 atom stereocenters. The summed E-state index contributed by atoms with van der Waals surface area (Å²) < 4.78 is 0. The molecule has 11 heteroatoms. The molecule has 0 unspecified atom stereocenters. The van der Waals surface area contributed by atoms with E-state index < -0.39 is 23.9 Å². The minimum atomic E-state index is -0.911. The van der Waals surface area contributed by atoms with Crippen molar-refractivity contribution in [2.75, 3.05) is 41.8 Å². The average molecular weight is 631 g/mol. The number of carbonyl (C=O) groups excluding carboxylic acids is 4. The summed E-state index contributed by atoms with van der Waals surface area (Å²) in [6.45, 7) is 3.46. The van der Waals surface area contributed by atoms with Gasteiger partial charge in [-0.1, -0.05) is 48.0 Å². The number of amides is 4. The first-order chi connectivity index (χ1) is 21.7. The summed E-state index contributed by atoms with van der Waals surface area (Å²) in [6.07, 6.45) is 0.479. The van der Waals surface area contributed by atoms with E-state index in [1.807, 2.05) is 62.5 Å². The number of benzene rings is 3. The third kappa shape index (κ3) is 7.29. The molecule has 4 amide bonds. The molecule has 3 aromatic rings. The first-order valence-corrected chi connectivity index (χ1v) is 15.6. The van der Waals surface area contributed by atoms with E-state index in [1.54, 1.807) is 23.1 Å². The van der Waals surface area contributed by atoms with E-state index in [4.69, 9.17) is 17.3 Å². The number of rotatable bonds is 9. The van der Waals surface area contributed by atoms with E-state index in [-0.39, 0.29) is 44.2 Å². The fourth-order valence-corrected chi connectivity index (χ4v) is 6.05. The van der Waals surface area contributed by atoms with Crippen molar-refractivity contribution in [2.24, 2.45) is 5.73 Å². The summed E-state index contributed by atoms with van der Waals surface area (Å²) in [5.41, 5.74) is 10.9. The van der Waals surface area contributed by atoms with Crippen LogP contribution in [-0.2, 0) is 32.1 Å². The molecule has 0 aromatic heterocycles. The Kier molecular flexibility index (Phi) is 10.0. The summed E-state index contributed by atoms with van der Waals surface area (Å²) in [4.78, 5) is 59.4. The van der Waals surface area contributed by atoms with Crippen LogP contribution < -0.4 is 26.2 Å². The SMILES string of the molecule is Cc1cc(NC(=O)[C@H](CCN)NC(=O)[C@@H]2Cc3ccccc3CN2C(=O)CCC(=O)N2CCN(C)c3ccccc32)ccc1Cl. The lowest BCUT2D eigenvalue weighted by Gasteiger charge is -2.37. The van der Waals surface area contributed by atoms with E-state index in [0.717, 1.165) is 28.1 Å². The maximum absolute atomic E-state index is 13.8. The highest BCUT2D eigenvalue weighted by molar-refractivity contribution is 6.31. The van der Waals surface area contributed by atoms with Crippen LogP contribution in [0.2, 0.25) is 5.02 Å². The van der Waals surface area contributed by atoms with Crippen molar-refractivity contribution in [3.8, 4) is 0 Å². The van der Waals surface area contributed by atoms with Crippen LogP contribution in [0.4, 0.5) is 17.1 Å². The molecule has 0 spiro atoms. The molecule has 0 aliphatic carbocycles. The van der Waals surface area contributed by atoms with Gasteiger partial charge in [-0.25, -0.2) is 0 Å². The molecule has 45 heavy (non-hydrogen) atoms. The average Bonchev–Trinajstić information content (AvgIpc) is 3.04. The van der Waals surface area contributed by atoms with Crippen molar-refractivity contribution < 1.29 is 19.2 Å². The highest BCUT2D eigenvalue weighted by Gasteiger charge is 2.36. The van der Waals surface area contributed by atoms with Crippen LogP contribution in [0.1, 0.15) is 36.0 Å². The molecular formula is C34H39ClN6O4. The van der Waals surface area contributed by atoms with Gasteiger partial charge in [-0.05, 0) is 66.9 Å². The van der Waals surface area contributed by atoms with Crippen molar-refractivity contribution in [3.63, 3.8) is 0 Å². The summed E-state index contributed by atoms with van der Waals surface area (Å²) in [7, 11) is 1.99. The van der Waals surface area contributed by atoms with Gasteiger partial charge in [-0.2, -0.15) is 0 Å². The predicted molar refractivity (Wildman–Crippen MR) is 176 cm³/mol. The molecule has 0 saturated heterocycles. The second-order valence-corrected chi connectivity index (χ2v) is 12.0. The number of carbonyl (C=O) groups is 4. The second-order valence-electron chi connectivity index (χ2n) is 11.6. The molecule has 10 nitrogen and oxygen atoms in total. The highest BCUT2D eigenvalue weighted by Crippen LogP contribution is 2.32. The first-order valence-electron chi connectivity index (χ1n) is 15.2. The molecule has 2 heterocycles. The summed E-state index contributed by atoms with van der Waals surface area (Å²) in [5, 5.41) is 6.26. The largest absolute Gasteiger partial charge is 0.371 e. The predicted octanol–water partition coefficient (Wildman–Crippen LogP) is 3.64. The Balaban J connectivity index is 1.29. The van der Waals surface area contributed by atoms with Crippen molar-refractivity contribution in [1.82, 2.24) is 10.2 Å². The van der Waals surface area contributed by atoms with Gasteiger partial charge in [0.15, 0.2) is 0 Å². The maximum Gasteiger partial charge on any atom is 0.246 e. The van der Waals surface area contributed by atoms with E-state index in [1.165, 1.54) is 4.90 Å². The number of likely N-dealkylation sites (N-methyl/N-ethyl adjacent to an activating group) is 1. The lowest BCUT2D eigenvalue weighted by atomic mass is 9.92. The van der Waals surface area contributed by atoms with Gasteiger partial charge in [0.2, 0.25) is 23.6 Å². The van der Waals surface area contributed by atoms with E-state index >= 15 is 0 Å². The van der Waals surface area contributed by atoms with Gasteiger partial charge in [-0.15, -0.1) is 0 Å². The lowest BCUT2D eigenvalue weighted by Crippen LogP contribution is -2.56. The number of fused-ring (bicyclic) bond motifs is 2. The van der Waals surface area contributed by atoms with Crippen LogP contribution >= 0.6 is 11.6 Å². The van der Waals surface area contributed by atoms with Crippen LogP contribution in [0.15, 0.2) is 66.7 Å². The quantitative estimate of drug-likeness (QED) is 0.331. The molecule has 2 aliphatic heterocycles. The van der Waals surface area contributed by atoms with Crippen LogP contribution in [0, 0.1) is 6.92 Å². The van der Waals surface area contributed by atoms with Gasteiger partial charge in [-0.3, -0.25) is 19.2 Å². The molecule has 0 saturated carbocycles. The summed E-state index contributed by atoms with van der Waals surface area (Å²) >= 11 is 6.12. The first kappa shape index (κ1) is 32.0. The van der Waals surface area contributed by atoms with Crippen LogP contribution in [0.3, 0.4) is 0 Å². The molecule has 0 fully saturated rings. The molecular weight excluding hydrogens is 592 g/mol. The molecule has 5 rings (SSSR count). The zero-order chi connectivity index (χ0) is 32.1. The minimum absolute atomic E-state index is 0.0160. The van der Waals surface area contributed by atoms with Gasteiger partial charge in [0, 0.05) is 56.7 Å². The molecule has 2 aliphatic rings. The number of hydrogen-bond acceptors (Lipinski definition) is 6. The van der Waals surface area contributed by atoms with Crippen molar-refractivity contribution in [2.45, 2.75) is 51.2 Å². The van der Waals surface area contributed by atoms with Gasteiger partial charge in [0.25, 0.3) is 0 Å². The van der Waals surface area contributed by atoms with Gasteiger partial charge >= 0.3 is 0 Å². The number of halogens is 1. The number of anilines is 3. The zero-order valence-electron chi connectivity index (χ0n) is 25.6. The Morgan fingerprint density at radius 1 is 0.933 bits per heavy atom. The fraction of sp³-hybridized carbons (Fsp3) is 0.353. The Labute approximate surface area is 268 Å². The minimum Gasteiger partial charge on any atom is -0.371 e. The monoisotopic (exact) mass is 630 g/mol. The smallest absolute Gasteiger partial charge is 0.246 e. The summed E-state index contributed by atoms with van der Waals surface area (Å²) in [5.74, 6) is -1.29. The normalized spacial score (nSPS) is 16.4. The summed E-state index contributed by atoms with van der Waals surface area (Å²) in [6, 6.07) is 18.8. The number of aryl methyl sites for hydroxylation is 1. The van der Waals surface area contributed by atoms with Gasteiger partial charge in [0.05, 0.1) is 11.4 Å². The zero-order valence-corrected chi connectivity index (χ0v) is 26.3. The topological polar surface area (TPSA) is 128 Å². The van der Waals surface area contributed by atoms with Gasteiger partial charge < -0.3 is 31.1 Å². The number of nitrogens with zero attached hydrogens (tertiary/aromatic N) is 3. The molecule has 0 radical (unpaired) electrons. The number of nitrogens with two attached hydrogens (primary N) is 1. The molecule has 3 aromatic carbocycles. The van der Waals surface area contributed by atoms with Crippen LogP contribution in [0.25, 0.3) is 0 Å². The Bertz CT molecular complexity index is 1600. The number of nitrogens with one attached hydrogen (secondary N) is 2. The Hall–Kier alpha value is -4.41. The maximum atomic E-state index is 13.8. The number of para-hydroxylation sites is 2. The Morgan fingerprint density at radius 2 is 1.62 bits per heavy atom.